The Morgan fingerprint density at radius 2 is 1.86 bits per heavy atom. The predicted molar refractivity (Wildman–Crippen MR) is 80.8 cm³/mol. The smallest absolute Gasteiger partial charge is 0.266 e. The van der Waals surface area contributed by atoms with E-state index in [0.29, 0.717) is 5.39 Å². The molecule has 0 radical (unpaired) electrons. The van der Waals surface area contributed by atoms with Crippen LogP contribution in [0.25, 0.3) is 22.2 Å². The van der Waals surface area contributed by atoms with Crippen LogP contribution in [0.4, 0.5) is 0 Å². The van der Waals surface area contributed by atoms with Crippen molar-refractivity contribution in [3.8, 4) is 5.69 Å². The van der Waals surface area contributed by atoms with E-state index in [2.05, 4.69) is 10.1 Å². The zero-order chi connectivity index (χ0) is 14.4. The minimum Gasteiger partial charge on any atom is -0.268 e. The maximum absolute atomic E-state index is 12.9. The Balaban J connectivity index is 2.30. The molecule has 5 heteroatoms. The highest BCUT2D eigenvalue weighted by molar-refractivity contribution is 5.80. The second-order valence-corrected chi connectivity index (χ2v) is 4.93. The molecule has 3 aromatic heterocycles. The molecule has 0 N–H and O–H groups in total. The van der Waals surface area contributed by atoms with Crippen molar-refractivity contribution in [1.82, 2.24) is 19.2 Å². The second-order valence-electron chi connectivity index (χ2n) is 4.93. The Morgan fingerprint density at radius 1 is 1.05 bits per heavy atom. The SMILES string of the molecule is Cc1cnn2c3cnccc3c(=O)n(-c3ccccc3)c12. The lowest BCUT2D eigenvalue weighted by molar-refractivity contribution is 0.919. The fourth-order valence-corrected chi connectivity index (χ4v) is 2.64. The topological polar surface area (TPSA) is 52.2 Å². The highest BCUT2D eigenvalue weighted by atomic mass is 16.1. The van der Waals surface area contributed by atoms with Crippen molar-refractivity contribution >= 4 is 16.6 Å². The number of pyridine rings is 1. The maximum Gasteiger partial charge on any atom is 0.266 e. The van der Waals surface area contributed by atoms with Crippen molar-refractivity contribution in [1.29, 1.82) is 0 Å². The molecule has 0 spiro atoms. The number of benzene rings is 1. The maximum atomic E-state index is 12.9. The third-order valence-corrected chi connectivity index (χ3v) is 3.61. The first-order chi connectivity index (χ1) is 10.3. The Bertz CT molecular complexity index is 1010. The van der Waals surface area contributed by atoms with E-state index in [4.69, 9.17) is 0 Å². The molecule has 0 atom stereocenters. The van der Waals surface area contributed by atoms with Gasteiger partial charge in [0.25, 0.3) is 5.56 Å². The Hall–Kier alpha value is -2.95. The summed E-state index contributed by atoms with van der Waals surface area (Å²) in [7, 11) is 0. The van der Waals surface area contributed by atoms with Gasteiger partial charge in [0.05, 0.1) is 29.0 Å². The normalized spacial score (nSPS) is 11.3. The van der Waals surface area contributed by atoms with E-state index >= 15 is 0 Å². The Morgan fingerprint density at radius 3 is 2.67 bits per heavy atom. The molecule has 0 bridgehead atoms. The summed E-state index contributed by atoms with van der Waals surface area (Å²) < 4.78 is 3.47. The summed E-state index contributed by atoms with van der Waals surface area (Å²) in [6.45, 7) is 1.95. The minimum atomic E-state index is -0.0605. The van der Waals surface area contributed by atoms with Gasteiger partial charge in [0.1, 0.15) is 5.65 Å². The van der Waals surface area contributed by atoms with Gasteiger partial charge in [-0.15, -0.1) is 0 Å². The lowest BCUT2D eigenvalue weighted by atomic mass is 10.2. The molecule has 0 aliphatic carbocycles. The molecule has 21 heavy (non-hydrogen) atoms. The summed E-state index contributed by atoms with van der Waals surface area (Å²) in [5, 5.41) is 4.99. The summed E-state index contributed by atoms with van der Waals surface area (Å²) in [6.07, 6.45) is 5.06. The van der Waals surface area contributed by atoms with Gasteiger partial charge in [-0.25, -0.2) is 4.52 Å². The highest BCUT2D eigenvalue weighted by Gasteiger charge is 2.14. The van der Waals surface area contributed by atoms with Crippen LogP contribution in [0.1, 0.15) is 5.56 Å². The number of hydrogen-bond acceptors (Lipinski definition) is 3. The van der Waals surface area contributed by atoms with Gasteiger partial charge < -0.3 is 0 Å². The van der Waals surface area contributed by atoms with Gasteiger partial charge in [-0.3, -0.25) is 14.3 Å². The monoisotopic (exact) mass is 276 g/mol. The lowest BCUT2D eigenvalue weighted by Crippen LogP contribution is -2.22. The van der Waals surface area contributed by atoms with Crippen LogP contribution in [0.3, 0.4) is 0 Å². The van der Waals surface area contributed by atoms with Crippen LogP contribution >= 0.6 is 0 Å². The van der Waals surface area contributed by atoms with Gasteiger partial charge in [0.15, 0.2) is 0 Å². The van der Waals surface area contributed by atoms with Crippen LogP contribution in [0.2, 0.25) is 0 Å². The predicted octanol–water partition coefficient (Wildman–Crippen LogP) is 2.34. The molecular weight excluding hydrogens is 264 g/mol. The van der Waals surface area contributed by atoms with Crippen LogP contribution in [0, 0.1) is 6.92 Å². The van der Waals surface area contributed by atoms with E-state index in [1.165, 1.54) is 0 Å². The molecule has 1 aromatic carbocycles. The molecule has 102 valence electrons. The van der Waals surface area contributed by atoms with Gasteiger partial charge in [0.2, 0.25) is 0 Å². The lowest BCUT2D eigenvalue weighted by Gasteiger charge is -2.11. The molecule has 0 unspecified atom stereocenters. The van der Waals surface area contributed by atoms with E-state index in [-0.39, 0.29) is 5.56 Å². The Labute approximate surface area is 120 Å². The molecule has 0 fully saturated rings. The van der Waals surface area contributed by atoms with Gasteiger partial charge in [0, 0.05) is 11.8 Å². The van der Waals surface area contributed by atoms with Crippen LogP contribution in [-0.2, 0) is 0 Å². The molecule has 0 aliphatic rings. The third-order valence-electron chi connectivity index (χ3n) is 3.61. The van der Waals surface area contributed by atoms with Crippen molar-refractivity contribution in [2.75, 3.05) is 0 Å². The first-order valence-corrected chi connectivity index (χ1v) is 6.66. The molecule has 0 aliphatic heterocycles. The number of aromatic nitrogens is 4. The molecule has 0 saturated carbocycles. The molecule has 0 saturated heterocycles. The third kappa shape index (κ3) is 1.61. The number of aryl methyl sites for hydroxylation is 1. The number of hydrogen-bond donors (Lipinski definition) is 0. The van der Waals surface area contributed by atoms with E-state index < -0.39 is 0 Å². The first kappa shape index (κ1) is 11.8. The van der Waals surface area contributed by atoms with Gasteiger partial charge in [-0.05, 0) is 25.1 Å². The van der Waals surface area contributed by atoms with E-state index in [1.807, 2.05) is 37.3 Å². The second kappa shape index (κ2) is 4.28. The standard InChI is InChI=1S/C16H12N4O/c1-11-9-18-20-14-10-17-8-7-13(14)16(21)19(15(11)20)12-5-3-2-4-6-12/h2-10H,1H3. The van der Waals surface area contributed by atoms with Crippen LogP contribution in [0.15, 0.2) is 59.8 Å². The summed E-state index contributed by atoms with van der Waals surface area (Å²) >= 11 is 0. The molecular formula is C16H12N4O. The average molecular weight is 276 g/mol. The van der Waals surface area contributed by atoms with Crippen LogP contribution in [0.5, 0.6) is 0 Å². The fraction of sp³-hybridized carbons (Fsp3) is 0.0625. The van der Waals surface area contributed by atoms with Crippen molar-refractivity contribution in [3.05, 3.63) is 70.9 Å². The largest absolute Gasteiger partial charge is 0.268 e. The zero-order valence-corrected chi connectivity index (χ0v) is 11.4. The van der Waals surface area contributed by atoms with Crippen molar-refractivity contribution in [3.63, 3.8) is 0 Å². The summed E-state index contributed by atoms with van der Waals surface area (Å²) in [4.78, 5) is 17.0. The fourth-order valence-electron chi connectivity index (χ4n) is 2.64. The molecule has 0 amide bonds. The van der Waals surface area contributed by atoms with Crippen molar-refractivity contribution < 1.29 is 0 Å². The number of nitrogens with zero attached hydrogens (tertiary/aromatic N) is 4. The molecule has 5 nitrogen and oxygen atoms in total. The summed E-state index contributed by atoms with van der Waals surface area (Å²) in [6, 6.07) is 11.3. The summed E-state index contributed by atoms with van der Waals surface area (Å²) in [5.41, 5.74) is 3.20. The molecule has 4 aromatic rings. The Kier molecular flexibility index (Phi) is 2.41. The van der Waals surface area contributed by atoms with Gasteiger partial charge in [-0.2, -0.15) is 5.10 Å². The number of rotatable bonds is 1. The molecule has 4 rings (SSSR count). The van der Waals surface area contributed by atoms with Crippen LogP contribution in [-0.4, -0.2) is 19.2 Å². The van der Waals surface area contributed by atoms with Gasteiger partial charge >= 0.3 is 0 Å². The number of para-hydroxylation sites is 1. The van der Waals surface area contributed by atoms with E-state index in [9.17, 15) is 4.79 Å². The average Bonchev–Trinajstić information content (AvgIpc) is 2.91. The minimum absolute atomic E-state index is 0.0605. The van der Waals surface area contributed by atoms with E-state index in [1.54, 1.807) is 33.7 Å². The highest BCUT2D eigenvalue weighted by Crippen LogP contribution is 2.18. The first-order valence-electron chi connectivity index (χ1n) is 6.66. The van der Waals surface area contributed by atoms with Crippen LogP contribution < -0.4 is 5.56 Å². The van der Waals surface area contributed by atoms with E-state index in [0.717, 1.165) is 22.4 Å². The number of fused-ring (bicyclic) bond motifs is 3. The quantitative estimate of drug-likeness (QED) is 0.536. The van der Waals surface area contributed by atoms with Crippen molar-refractivity contribution in [2.45, 2.75) is 6.92 Å². The zero-order valence-electron chi connectivity index (χ0n) is 11.4. The van der Waals surface area contributed by atoms with Gasteiger partial charge in [-0.1, -0.05) is 18.2 Å². The van der Waals surface area contributed by atoms with Crippen molar-refractivity contribution in [2.24, 2.45) is 0 Å². The summed E-state index contributed by atoms with van der Waals surface area (Å²) in [5.74, 6) is 0. The molecule has 3 heterocycles.